The van der Waals surface area contributed by atoms with E-state index in [0.29, 0.717) is 12.2 Å². The van der Waals surface area contributed by atoms with Gasteiger partial charge < -0.3 is 10.3 Å². The van der Waals surface area contributed by atoms with Crippen molar-refractivity contribution in [3.05, 3.63) is 33.8 Å². The number of aryl methyl sites for hydroxylation is 2. The Morgan fingerprint density at radius 2 is 2.35 bits per heavy atom. The van der Waals surface area contributed by atoms with Gasteiger partial charge in [-0.05, 0) is 13.8 Å². The largest absolute Gasteiger partial charge is 0.350 e. The number of H-pyrrole nitrogens is 1. The lowest BCUT2D eigenvalue weighted by Crippen LogP contribution is -2.25. The molecule has 0 bridgehead atoms. The van der Waals surface area contributed by atoms with Crippen molar-refractivity contribution in [3.8, 4) is 0 Å². The van der Waals surface area contributed by atoms with Gasteiger partial charge in [-0.1, -0.05) is 0 Å². The number of aromatic amines is 1. The van der Waals surface area contributed by atoms with Crippen LogP contribution in [0, 0.1) is 13.8 Å². The topological polar surface area (TPSA) is 70.7 Å². The predicted octanol–water partition coefficient (Wildman–Crippen LogP) is 1.46. The number of amides is 1. The van der Waals surface area contributed by atoms with E-state index in [0.717, 1.165) is 22.9 Å². The molecule has 0 saturated carbocycles. The molecule has 2 aromatic heterocycles. The molecule has 17 heavy (non-hydrogen) atoms. The van der Waals surface area contributed by atoms with Gasteiger partial charge in [0, 0.05) is 24.0 Å². The van der Waals surface area contributed by atoms with E-state index in [1.165, 1.54) is 6.20 Å². The summed E-state index contributed by atoms with van der Waals surface area (Å²) >= 11 is 1.62. The molecule has 6 heteroatoms. The summed E-state index contributed by atoms with van der Waals surface area (Å²) in [7, 11) is 0. The highest BCUT2D eigenvalue weighted by molar-refractivity contribution is 7.09. The van der Waals surface area contributed by atoms with Gasteiger partial charge in [-0.25, -0.2) is 9.97 Å². The number of imidazole rings is 1. The molecule has 0 fully saturated rings. The predicted molar refractivity (Wildman–Crippen MR) is 66.2 cm³/mol. The van der Waals surface area contributed by atoms with E-state index in [2.05, 4.69) is 20.3 Å². The van der Waals surface area contributed by atoms with Crippen LogP contribution in [0.1, 0.15) is 27.0 Å². The summed E-state index contributed by atoms with van der Waals surface area (Å²) in [6, 6.07) is 0. The number of carbonyl (C=O) groups excluding carboxylic acids is 1. The lowest BCUT2D eigenvalue weighted by Gasteiger charge is -2.01. The van der Waals surface area contributed by atoms with Gasteiger partial charge in [-0.2, -0.15) is 0 Å². The van der Waals surface area contributed by atoms with E-state index in [1.807, 2.05) is 19.2 Å². The van der Waals surface area contributed by atoms with E-state index in [-0.39, 0.29) is 5.91 Å². The fraction of sp³-hybridized carbons (Fsp3) is 0.364. The third-order valence-corrected chi connectivity index (χ3v) is 3.26. The van der Waals surface area contributed by atoms with Crippen LogP contribution in [0.4, 0.5) is 0 Å². The van der Waals surface area contributed by atoms with Gasteiger partial charge in [0.2, 0.25) is 0 Å². The van der Waals surface area contributed by atoms with Crippen LogP contribution in [-0.4, -0.2) is 27.4 Å². The van der Waals surface area contributed by atoms with Crippen molar-refractivity contribution >= 4 is 17.2 Å². The summed E-state index contributed by atoms with van der Waals surface area (Å²) in [5.74, 6) is 0.615. The third-order valence-electron chi connectivity index (χ3n) is 2.24. The zero-order valence-corrected chi connectivity index (χ0v) is 10.6. The Morgan fingerprint density at radius 1 is 1.53 bits per heavy atom. The fourth-order valence-electron chi connectivity index (χ4n) is 1.43. The molecule has 0 saturated heterocycles. The maximum absolute atomic E-state index is 11.7. The van der Waals surface area contributed by atoms with E-state index in [4.69, 9.17) is 0 Å². The molecular formula is C11H14N4OS. The second kappa shape index (κ2) is 5.09. The molecule has 1 amide bonds. The average Bonchev–Trinajstić information content (AvgIpc) is 2.88. The van der Waals surface area contributed by atoms with Crippen LogP contribution in [0.25, 0.3) is 0 Å². The maximum atomic E-state index is 11.7. The van der Waals surface area contributed by atoms with Crippen molar-refractivity contribution < 1.29 is 4.79 Å². The van der Waals surface area contributed by atoms with Crippen LogP contribution in [0.2, 0.25) is 0 Å². The van der Waals surface area contributed by atoms with Crippen molar-refractivity contribution in [2.75, 3.05) is 6.54 Å². The van der Waals surface area contributed by atoms with E-state index in [9.17, 15) is 4.79 Å². The fourth-order valence-corrected chi connectivity index (χ4v) is 2.21. The lowest BCUT2D eigenvalue weighted by atomic mass is 10.4. The molecule has 0 unspecified atom stereocenters. The van der Waals surface area contributed by atoms with Crippen molar-refractivity contribution in [3.63, 3.8) is 0 Å². The Bertz CT molecular complexity index is 517. The van der Waals surface area contributed by atoms with Crippen molar-refractivity contribution in [1.82, 2.24) is 20.3 Å². The number of hydrogen-bond acceptors (Lipinski definition) is 4. The SMILES string of the molecule is Cc1csc(CCNC(=O)c2cnc(C)[nH]2)n1. The molecule has 0 radical (unpaired) electrons. The summed E-state index contributed by atoms with van der Waals surface area (Å²) in [5, 5.41) is 5.88. The van der Waals surface area contributed by atoms with Crippen molar-refractivity contribution in [2.24, 2.45) is 0 Å². The summed E-state index contributed by atoms with van der Waals surface area (Å²) in [6.45, 7) is 4.37. The minimum Gasteiger partial charge on any atom is -0.350 e. The number of rotatable bonds is 4. The van der Waals surface area contributed by atoms with E-state index < -0.39 is 0 Å². The first-order chi connectivity index (χ1) is 8.15. The summed E-state index contributed by atoms with van der Waals surface area (Å²) < 4.78 is 0. The molecule has 0 spiro atoms. The highest BCUT2D eigenvalue weighted by Crippen LogP contribution is 2.08. The zero-order chi connectivity index (χ0) is 12.3. The number of carbonyl (C=O) groups is 1. The second-order valence-corrected chi connectivity index (χ2v) is 4.71. The van der Waals surface area contributed by atoms with Crippen LogP contribution >= 0.6 is 11.3 Å². The van der Waals surface area contributed by atoms with E-state index >= 15 is 0 Å². The molecule has 2 heterocycles. The summed E-state index contributed by atoms with van der Waals surface area (Å²) in [5.41, 5.74) is 1.53. The average molecular weight is 250 g/mol. The monoisotopic (exact) mass is 250 g/mol. The van der Waals surface area contributed by atoms with Gasteiger partial charge in [-0.15, -0.1) is 11.3 Å². The number of hydrogen-bond donors (Lipinski definition) is 2. The lowest BCUT2D eigenvalue weighted by molar-refractivity contribution is 0.0949. The molecule has 0 atom stereocenters. The highest BCUT2D eigenvalue weighted by Gasteiger charge is 2.07. The Hall–Kier alpha value is -1.69. The molecule has 0 aliphatic heterocycles. The normalized spacial score (nSPS) is 10.5. The number of nitrogens with one attached hydrogen (secondary N) is 2. The summed E-state index contributed by atoms with van der Waals surface area (Å²) in [6.07, 6.45) is 2.30. The number of thiazole rings is 1. The quantitative estimate of drug-likeness (QED) is 0.863. The van der Waals surface area contributed by atoms with Gasteiger partial charge in [-0.3, -0.25) is 4.79 Å². The molecule has 0 aliphatic carbocycles. The van der Waals surface area contributed by atoms with Crippen LogP contribution in [0.15, 0.2) is 11.6 Å². The second-order valence-electron chi connectivity index (χ2n) is 3.77. The first kappa shape index (κ1) is 11.8. The van der Waals surface area contributed by atoms with Crippen molar-refractivity contribution in [2.45, 2.75) is 20.3 Å². The highest BCUT2D eigenvalue weighted by atomic mass is 32.1. The van der Waals surface area contributed by atoms with Crippen LogP contribution < -0.4 is 5.32 Å². The minimum atomic E-state index is -0.126. The Morgan fingerprint density at radius 3 is 2.94 bits per heavy atom. The van der Waals surface area contributed by atoms with Gasteiger partial charge in [0.1, 0.15) is 11.5 Å². The number of aromatic nitrogens is 3. The molecule has 2 rings (SSSR count). The molecule has 2 aromatic rings. The molecule has 5 nitrogen and oxygen atoms in total. The molecule has 2 N–H and O–H groups in total. The Balaban J connectivity index is 1.81. The first-order valence-electron chi connectivity index (χ1n) is 5.36. The van der Waals surface area contributed by atoms with Crippen LogP contribution in [0.3, 0.4) is 0 Å². The zero-order valence-electron chi connectivity index (χ0n) is 9.78. The first-order valence-corrected chi connectivity index (χ1v) is 6.24. The van der Waals surface area contributed by atoms with Crippen LogP contribution in [-0.2, 0) is 6.42 Å². The van der Waals surface area contributed by atoms with Gasteiger partial charge in [0.15, 0.2) is 0 Å². The Kier molecular flexibility index (Phi) is 3.53. The minimum absolute atomic E-state index is 0.126. The molecular weight excluding hydrogens is 236 g/mol. The standard InChI is InChI=1S/C11H14N4OS/c1-7-6-17-10(14-7)3-4-12-11(16)9-5-13-8(2)15-9/h5-6H,3-4H2,1-2H3,(H,12,16)(H,13,15). The Labute approximate surface area is 103 Å². The smallest absolute Gasteiger partial charge is 0.269 e. The van der Waals surface area contributed by atoms with Crippen LogP contribution in [0.5, 0.6) is 0 Å². The maximum Gasteiger partial charge on any atom is 0.269 e. The molecule has 90 valence electrons. The summed E-state index contributed by atoms with van der Waals surface area (Å²) in [4.78, 5) is 22.9. The number of nitrogens with zero attached hydrogens (tertiary/aromatic N) is 2. The van der Waals surface area contributed by atoms with Gasteiger partial charge in [0.25, 0.3) is 5.91 Å². The van der Waals surface area contributed by atoms with Gasteiger partial charge >= 0.3 is 0 Å². The molecule has 0 aliphatic rings. The van der Waals surface area contributed by atoms with E-state index in [1.54, 1.807) is 11.3 Å². The third kappa shape index (κ3) is 3.13. The molecule has 0 aromatic carbocycles. The van der Waals surface area contributed by atoms with Crippen molar-refractivity contribution in [1.29, 1.82) is 0 Å². The van der Waals surface area contributed by atoms with Gasteiger partial charge in [0.05, 0.1) is 11.2 Å².